The van der Waals surface area contributed by atoms with E-state index in [-0.39, 0.29) is 11.3 Å². The van der Waals surface area contributed by atoms with Gasteiger partial charge in [-0.05, 0) is 36.8 Å². The Kier molecular flexibility index (Phi) is 6.87. The summed E-state index contributed by atoms with van der Waals surface area (Å²) in [6, 6.07) is 8.94. The Bertz CT molecular complexity index is 1010. The fourth-order valence-corrected chi connectivity index (χ4v) is 2.96. The van der Waals surface area contributed by atoms with Crippen molar-refractivity contribution in [3.05, 3.63) is 52.5 Å². The standard InChI is InChI=1S/C18H19ClN2O6S/c1-11-7-15(16(26-2)9-14(11)19)20-17(22)10-27-18(23)12-5-4-6-13(8-12)21-28(3,24)25/h4-9,21H,10H2,1-3H3,(H,20,22). The van der Waals surface area contributed by atoms with E-state index in [2.05, 4.69) is 10.0 Å². The minimum atomic E-state index is -3.48. The normalized spacial score (nSPS) is 10.9. The number of carbonyl (C=O) groups is 2. The van der Waals surface area contributed by atoms with Crippen molar-refractivity contribution in [3.8, 4) is 5.75 Å². The van der Waals surface area contributed by atoms with Crippen LogP contribution in [0.2, 0.25) is 5.02 Å². The molecule has 0 spiro atoms. The molecular formula is C18H19ClN2O6S. The van der Waals surface area contributed by atoms with Gasteiger partial charge in [0.15, 0.2) is 6.61 Å². The van der Waals surface area contributed by atoms with E-state index >= 15 is 0 Å². The number of hydrogen-bond acceptors (Lipinski definition) is 6. The number of methoxy groups -OCH3 is 1. The molecule has 0 saturated carbocycles. The van der Waals surface area contributed by atoms with E-state index in [4.69, 9.17) is 21.1 Å². The summed E-state index contributed by atoms with van der Waals surface area (Å²) >= 11 is 6.02. The predicted octanol–water partition coefficient (Wildman–Crippen LogP) is 2.82. The molecule has 150 valence electrons. The summed E-state index contributed by atoms with van der Waals surface area (Å²) < 4.78 is 34.9. The maximum atomic E-state index is 12.1. The predicted molar refractivity (Wildman–Crippen MR) is 107 cm³/mol. The Morgan fingerprint density at radius 2 is 1.89 bits per heavy atom. The second kappa shape index (κ2) is 8.94. The largest absolute Gasteiger partial charge is 0.495 e. The Balaban J connectivity index is 2.01. The highest BCUT2D eigenvalue weighted by Gasteiger charge is 2.14. The number of sulfonamides is 1. The molecule has 0 fully saturated rings. The van der Waals surface area contributed by atoms with E-state index in [1.54, 1.807) is 19.1 Å². The van der Waals surface area contributed by atoms with Gasteiger partial charge in [-0.2, -0.15) is 0 Å². The molecule has 10 heteroatoms. The quantitative estimate of drug-likeness (QED) is 0.658. The van der Waals surface area contributed by atoms with Gasteiger partial charge in [0.05, 0.1) is 24.6 Å². The maximum Gasteiger partial charge on any atom is 0.338 e. The highest BCUT2D eigenvalue weighted by Crippen LogP contribution is 2.30. The Labute approximate surface area is 167 Å². The van der Waals surface area contributed by atoms with Crippen LogP contribution in [0, 0.1) is 6.92 Å². The van der Waals surface area contributed by atoms with Crippen LogP contribution in [0.4, 0.5) is 11.4 Å². The first-order chi connectivity index (χ1) is 13.1. The Hall–Kier alpha value is -2.78. The van der Waals surface area contributed by atoms with Gasteiger partial charge in [0, 0.05) is 16.8 Å². The van der Waals surface area contributed by atoms with Gasteiger partial charge in [-0.3, -0.25) is 9.52 Å². The van der Waals surface area contributed by atoms with Crippen molar-refractivity contribution in [2.24, 2.45) is 0 Å². The molecule has 1 amide bonds. The van der Waals surface area contributed by atoms with Crippen molar-refractivity contribution in [1.29, 1.82) is 0 Å². The molecule has 0 bridgehead atoms. The van der Waals surface area contributed by atoms with Gasteiger partial charge in [-0.15, -0.1) is 0 Å². The van der Waals surface area contributed by atoms with E-state index in [1.807, 2.05) is 0 Å². The minimum Gasteiger partial charge on any atom is -0.495 e. The summed E-state index contributed by atoms with van der Waals surface area (Å²) in [5, 5.41) is 3.08. The van der Waals surface area contributed by atoms with Crippen LogP contribution in [-0.4, -0.2) is 40.3 Å². The van der Waals surface area contributed by atoms with Gasteiger partial charge in [-0.1, -0.05) is 17.7 Å². The van der Waals surface area contributed by atoms with Gasteiger partial charge in [-0.25, -0.2) is 13.2 Å². The number of anilines is 2. The summed E-state index contributed by atoms with van der Waals surface area (Å²) in [5.41, 5.74) is 1.44. The number of carbonyl (C=O) groups excluding carboxylic acids is 2. The number of rotatable bonds is 7. The molecule has 0 aliphatic rings. The van der Waals surface area contributed by atoms with E-state index < -0.39 is 28.5 Å². The fraction of sp³-hybridized carbons (Fsp3) is 0.222. The second-order valence-electron chi connectivity index (χ2n) is 5.88. The van der Waals surface area contributed by atoms with Gasteiger partial charge >= 0.3 is 5.97 Å². The molecule has 0 unspecified atom stereocenters. The average molecular weight is 427 g/mol. The van der Waals surface area contributed by atoms with E-state index in [9.17, 15) is 18.0 Å². The molecule has 2 N–H and O–H groups in total. The Morgan fingerprint density at radius 3 is 2.54 bits per heavy atom. The van der Waals surface area contributed by atoms with Crippen LogP contribution in [-0.2, 0) is 19.6 Å². The molecule has 0 aromatic heterocycles. The number of aryl methyl sites for hydroxylation is 1. The lowest BCUT2D eigenvalue weighted by Gasteiger charge is -2.12. The number of halogens is 1. The first kappa shape index (κ1) is 21.5. The first-order valence-electron chi connectivity index (χ1n) is 7.98. The average Bonchev–Trinajstić information content (AvgIpc) is 2.61. The topological polar surface area (TPSA) is 111 Å². The second-order valence-corrected chi connectivity index (χ2v) is 8.04. The van der Waals surface area contributed by atoms with Crippen LogP contribution in [0.25, 0.3) is 0 Å². The maximum absolute atomic E-state index is 12.1. The van der Waals surface area contributed by atoms with Crippen molar-refractivity contribution >= 4 is 44.9 Å². The molecule has 0 radical (unpaired) electrons. The lowest BCUT2D eigenvalue weighted by Crippen LogP contribution is -2.21. The lowest BCUT2D eigenvalue weighted by atomic mass is 10.2. The fourth-order valence-electron chi connectivity index (χ4n) is 2.25. The molecule has 2 aromatic rings. The number of benzene rings is 2. The van der Waals surface area contributed by atoms with Crippen LogP contribution in [0.15, 0.2) is 36.4 Å². The molecule has 8 nitrogen and oxygen atoms in total. The van der Waals surface area contributed by atoms with Crippen molar-refractivity contribution in [1.82, 2.24) is 0 Å². The number of hydrogen-bond donors (Lipinski definition) is 2. The number of amides is 1. The smallest absolute Gasteiger partial charge is 0.338 e. The number of esters is 1. The van der Waals surface area contributed by atoms with Crippen LogP contribution >= 0.6 is 11.6 Å². The van der Waals surface area contributed by atoms with Crippen molar-refractivity contribution in [2.75, 3.05) is 30.0 Å². The zero-order chi connectivity index (χ0) is 20.9. The molecule has 0 heterocycles. The Morgan fingerprint density at radius 1 is 1.18 bits per heavy atom. The minimum absolute atomic E-state index is 0.0985. The molecule has 2 rings (SSSR count). The third-order valence-corrected chi connectivity index (χ3v) is 4.50. The van der Waals surface area contributed by atoms with Crippen molar-refractivity contribution in [3.63, 3.8) is 0 Å². The zero-order valence-corrected chi connectivity index (χ0v) is 17.0. The summed E-state index contributed by atoms with van der Waals surface area (Å²) in [6.07, 6.45) is 0.995. The third-order valence-electron chi connectivity index (χ3n) is 3.49. The van der Waals surface area contributed by atoms with E-state index in [0.29, 0.717) is 16.5 Å². The first-order valence-corrected chi connectivity index (χ1v) is 10.2. The zero-order valence-electron chi connectivity index (χ0n) is 15.4. The number of ether oxygens (including phenoxy) is 2. The summed E-state index contributed by atoms with van der Waals surface area (Å²) in [4.78, 5) is 24.2. The van der Waals surface area contributed by atoms with Crippen LogP contribution in [0.5, 0.6) is 5.75 Å². The molecule has 0 aliphatic heterocycles. The monoisotopic (exact) mass is 426 g/mol. The SMILES string of the molecule is COc1cc(Cl)c(C)cc1NC(=O)COC(=O)c1cccc(NS(C)(=O)=O)c1. The molecular weight excluding hydrogens is 408 g/mol. The van der Waals surface area contributed by atoms with Crippen LogP contribution in [0.3, 0.4) is 0 Å². The summed E-state index contributed by atoms with van der Waals surface area (Å²) in [6.45, 7) is 1.24. The van der Waals surface area contributed by atoms with E-state index in [0.717, 1.165) is 11.8 Å². The van der Waals surface area contributed by atoms with Gasteiger partial charge < -0.3 is 14.8 Å². The summed E-state index contributed by atoms with van der Waals surface area (Å²) in [5.74, 6) is -0.972. The van der Waals surface area contributed by atoms with Crippen LogP contribution in [0.1, 0.15) is 15.9 Å². The van der Waals surface area contributed by atoms with E-state index in [1.165, 1.54) is 31.4 Å². The molecule has 0 atom stereocenters. The summed E-state index contributed by atoms with van der Waals surface area (Å²) in [7, 11) is -2.04. The highest BCUT2D eigenvalue weighted by molar-refractivity contribution is 7.92. The number of nitrogens with one attached hydrogen (secondary N) is 2. The highest BCUT2D eigenvalue weighted by atomic mass is 35.5. The molecule has 0 aliphatic carbocycles. The van der Waals surface area contributed by atoms with Gasteiger partial charge in [0.1, 0.15) is 5.75 Å². The lowest BCUT2D eigenvalue weighted by molar-refractivity contribution is -0.119. The molecule has 2 aromatic carbocycles. The van der Waals surface area contributed by atoms with Gasteiger partial charge in [0.2, 0.25) is 10.0 Å². The van der Waals surface area contributed by atoms with Crippen molar-refractivity contribution in [2.45, 2.75) is 6.92 Å². The molecule has 28 heavy (non-hydrogen) atoms. The van der Waals surface area contributed by atoms with Gasteiger partial charge in [0.25, 0.3) is 5.91 Å². The molecule has 0 saturated heterocycles. The van der Waals surface area contributed by atoms with Crippen molar-refractivity contribution < 1.29 is 27.5 Å². The van der Waals surface area contributed by atoms with Crippen LogP contribution < -0.4 is 14.8 Å². The third kappa shape index (κ3) is 6.14.